The summed E-state index contributed by atoms with van der Waals surface area (Å²) in [5.74, 6) is 0.630. The molecule has 27 heavy (non-hydrogen) atoms. The molecule has 0 aliphatic carbocycles. The highest BCUT2D eigenvalue weighted by Gasteiger charge is 2.21. The first-order valence-electron chi connectivity index (χ1n) is 9.12. The second kappa shape index (κ2) is 7.11. The van der Waals surface area contributed by atoms with Gasteiger partial charge in [0, 0.05) is 50.7 Å². The fourth-order valence-corrected chi connectivity index (χ4v) is 3.47. The number of carbonyl (C=O) groups is 1. The van der Waals surface area contributed by atoms with E-state index < -0.39 is 0 Å². The highest BCUT2D eigenvalue weighted by Crippen LogP contribution is 2.23. The standard InChI is InChI=1S/C19H23FN6O/c1-24(2)19(27)11-25-7-5-14(6-8-25)22-18-10-17-15-4-3-13(20)9-16(15)23-26(17)12-21-18/h3-4,9-10,12,14,22H,5-8,11H2,1-2H3. The highest BCUT2D eigenvalue weighted by molar-refractivity contribution is 5.94. The van der Waals surface area contributed by atoms with Crippen LogP contribution < -0.4 is 5.32 Å². The molecule has 0 atom stereocenters. The first kappa shape index (κ1) is 17.7. The van der Waals surface area contributed by atoms with Crippen molar-refractivity contribution in [3.8, 4) is 0 Å². The number of hydrogen-bond donors (Lipinski definition) is 1. The highest BCUT2D eigenvalue weighted by atomic mass is 19.1. The van der Waals surface area contributed by atoms with Crippen molar-refractivity contribution in [2.75, 3.05) is 39.0 Å². The number of nitrogens with zero attached hydrogens (tertiary/aromatic N) is 5. The molecule has 1 aromatic carbocycles. The van der Waals surface area contributed by atoms with Crippen LogP contribution in [0, 0.1) is 5.82 Å². The van der Waals surface area contributed by atoms with Crippen molar-refractivity contribution in [2.24, 2.45) is 0 Å². The minimum Gasteiger partial charge on any atom is -0.367 e. The molecule has 1 fully saturated rings. The van der Waals surface area contributed by atoms with Crippen molar-refractivity contribution in [1.29, 1.82) is 0 Å². The predicted molar refractivity (Wildman–Crippen MR) is 102 cm³/mol. The van der Waals surface area contributed by atoms with Gasteiger partial charge in [-0.1, -0.05) is 0 Å². The Morgan fingerprint density at radius 3 is 2.81 bits per heavy atom. The van der Waals surface area contributed by atoms with Gasteiger partial charge in [-0.25, -0.2) is 13.9 Å². The molecule has 0 bridgehead atoms. The zero-order valence-corrected chi connectivity index (χ0v) is 15.5. The van der Waals surface area contributed by atoms with Crippen LogP contribution in [-0.2, 0) is 4.79 Å². The minimum atomic E-state index is -0.295. The maximum atomic E-state index is 13.4. The summed E-state index contributed by atoms with van der Waals surface area (Å²) in [6.07, 6.45) is 3.57. The topological polar surface area (TPSA) is 65.8 Å². The van der Waals surface area contributed by atoms with Gasteiger partial charge in [0.15, 0.2) is 0 Å². The van der Waals surface area contributed by atoms with Gasteiger partial charge in [-0.2, -0.15) is 5.10 Å². The Labute approximate surface area is 156 Å². The monoisotopic (exact) mass is 370 g/mol. The summed E-state index contributed by atoms with van der Waals surface area (Å²) in [6.45, 7) is 2.24. The van der Waals surface area contributed by atoms with E-state index in [1.165, 1.54) is 12.1 Å². The van der Waals surface area contributed by atoms with E-state index in [1.807, 2.05) is 6.07 Å². The molecule has 3 aromatic rings. The van der Waals surface area contributed by atoms with Gasteiger partial charge in [0.25, 0.3) is 0 Å². The molecule has 2 aromatic heterocycles. The Balaban J connectivity index is 1.43. The van der Waals surface area contributed by atoms with E-state index in [1.54, 1.807) is 35.9 Å². The SMILES string of the molecule is CN(C)C(=O)CN1CCC(Nc2cc3c4ccc(F)cc4nn3cn2)CC1. The Kier molecular flexibility index (Phi) is 4.65. The number of piperidine rings is 1. The normalized spacial score (nSPS) is 16.1. The number of halogens is 1. The summed E-state index contributed by atoms with van der Waals surface area (Å²) in [7, 11) is 3.57. The molecule has 142 valence electrons. The Morgan fingerprint density at radius 1 is 1.30 bits per heavy atom. The summed E-state index contributed by atoms with van der Waals surface area (Å²) in [4.78, 5) is 20.1. The molecule has 4 rings (SSSR count). The van der Waals surface area contributed by atoms with Crippen LogP contribution in [0.1, 0.15) is 12.8 Å². The number of aromatic nitrogens is 3. The molecule has 7 nitrogen and oxygen atoms in total. The van der Waals surface area contributed by atoms with Crippen LogP contribution in [0.3, 0.4) is 0 Å². The zero-order chi connectivity index (χ0) is 19.0. The number of carbonyl (C=O) groups excluding carboxylic acids is 1. The lowest BCUT2D eigenvalue weighted by atomic mass is 10.0. The number of hydrogen-bond acceptors (Lipinski definition) is 5. The number of anilines is 1. The van der Waals surface area contributed by atoms with Gasteiger partial charge >= 0.3 is 0 Å². The summed E-state index contributed by atoms with van der Waals surface area (Å²) in [5.41, 5.74) is 1.52. The van der Waals surface area contributed by atoms with Gasteiger partial charge < -0.3 is 10.2 Å². The number of amides is 1. The van der Waals surface area contributed by atoms with E-state index in [2.05, 4.69) is 20.3 Å². The molecule has 1 aliphatic rings. The number of nitrogens with one attached hydrogen (secondary N) is 1. The predicted octanol–water partition coefficient (Wildman–Crippen LogP) is 1.99. The molecule has 0 radical (unpaired) electrons. The number of benzene rings is 1. The lowest BCUT2D eigenvalue weighted by molar-refractivity contribution is -0.130. The molecule has 8 heteroatoms. The van der Waals surface area contributed by atoms with Crippen LogP contribution in [-0.4, -0.2) is 70.1 Å². The fourth-order valence-electron chi connectivity index (χ4n) is 3.47. The number of likely N-dealkylation sites (tertiary alicyclic amines) is 1. The second-order valence-corrected chi connectivity index (χ2v) is 7.25. The van der Waals surface area contributed by atoms with Gasteiger partial charge in [-0.3, -0.25) is 9.69 Å². The summed E-state index contributed by atoms with van der Waals surface area (Å²) in [5, 5.41) is 8.75. The van der Waals surface area contributed by atoms with Crippen LogP contribution in [0.4, 0.5) is 10.2 Å². The van der Waals surface area contributed by atoms with E-state index in [0.717, 1.165) is 42.7 Å². The molecule has 1 aliphatic heterocycles. The van der Waals surface area contributed by atoms with E-state index >= 15 is 0 Å². The van der Waals surface area contributed by atoms with Crippen molar-refractivity contribution in [3.63, 3.8) is 0 Å². The third-order valence-corrected chi connectivity index (χ3v) is 5.07. The second-order valence-electron chi connectivity index (χ2n) is 7.25. The Hall–Kier alpha value is -2.74. The molecular weight excluding hydrogens is 347 g/mol. The van der Waals surface area contributed by atoms with Crippen LogP contribution in [0.15, 0.2) is 30.6 Å². The summed E-state index contributed by atoms with van der Waals surface area (Å²) >= 11 is 0. The van der Waals surface area contributed by atoms with Gasteiger partial charge in [0.1, 0.15) is 18.0 Å². The minimum absolute atomic E-state index is 0.137. The number of likely N-dealkylation sites (N-methyl/N-ethyl adjacent to an activating group) is 1. The third-order valence-electron chi connectivity index (χ3n) is 5.07. The van der Waals surface area contributed by atoms with Crippen molar-refractivity contribution in [3.05, 3.63) is 36.4 Å². The summed E-state index contributed by atoms with van der Waals surface area (Å²) in [6, 6.07) is 6.89. The average molecular weight is 370 g/mol. The Bertz CT molecular complexity index is 977. The van der Waals surface area contributed by atoms with Gasteiger partial charge in [-0.05, 0) is 25.0 Å². The molecule has 0 saturated carbocycles. The molecule has 1 saturated heterocycles. The van der Waals surface area contributed by atoms with Gasteiger partial charge in [0.2, 0.25) is 5.91 Å². The fraction of sp³-hybridized carbons (Fsp3) is 0.421. The third kappa shape index (κ3) is 3.71. The van der Waals surface area contributed by atoms with E-state index in [4.69, 9.17) is 0 Å². The molecular formula is C19H23FN6O. The largest absolute Gasteiger partial charge is 0.367 e. The first-order valence-corrected chi connectivity index (χ1v) is 9.12. The zero-order valence-electron chi connectivity index (χ0n) is 15.5. The molecule has 3 heterocycles. The van der Waals surface area contributed by atoms with E-state index in [9.17, 15) is 9.18 Å². The van der Waals surface area contributed by atoms with Crippen LogP contribution in [0.5, 0.6) is 0 Å². The van der Waals surface area contributed by atoms with Crippen molar-refractivity contribution in [2.45, 2.75) is 18.9 Å². The van der Waals surface area contributed by atoms with Crippen LogP contribution >= 0.6 is 0 Å². The van der Waals surface area contributed by atoms with E-state index in [0.29, 0.717) is 18.1 Å². The summed E-state index contributed by atoms with van der Waals surface area (Å²) < 4.78 is 15.1. The number of rotatable bonds is 4. The van der Waals surface area contributed by atoms with Crippen molar-refractivity contribution < 1.29 is 9.18 Å². The van der Waals surface area contributed by atoms with Crippen molar-refractivity contribution >= 4 is 28.1 Å². The lowest BCUT2D eigenvalue weighted by Crippen LogP contribution is -2.44. The maximum Gasteiger partial charge on any atom is 0.236 e. The smallest absolute Gasteiger partial charge is 0.236 e. The molecule has 1 N–H and O–H groups in total. The first-order chi connectivity index (χ1) is 13.0. The molecule has 0 spiro atoms. The van der Waals surface area contributed by atoms with Crippen LogP contribution in [0.25, 0.3) is 16.4 Å². The van der Waals surface area contributed by atoms with Crippen molar-refractivity contribution in [1.82, 2.24) is 24.4 Å². The maximum absolute atomic E-state index is 13.4. The quantitative estimate of drug-likeness (QED) is 0.761. The van der Waals surface area contributed by atoms with Gasteiger partial charge in [-0.15, -0.1) is 0 Å². The average Bonchev–Trinajstić information content (AvgIpc) is 3.00. The number of fused-ring (bicyclic) bond motifs is 3. The molecule has 0 unspecified atom stereocenters. The lowest BCUT2D eigenvalue weighted by Gasteiger charge is -2.32. The molecule has 1 amide bonds. The van der Waals surface area contributed by atoms with E-state index in [-0.39, 0.29) is 11.7 Å². The Morgan fingerprint density at radius 2 is 2.07 bits per heavy atom. The van der Waals surface area contributed by atoms with Crippen LogP contribution in [0.2, 0.25) is 0 Å². The van der Waals surface area contributed by atoms with Gasteiger partial charge in [0.05, 0.1) is 17.6 Å².